The molecule has 0 saturated carbocycles. The van der Waals surface area contributed by atoms with Gasteiger partial charge in [0.25, 0.3) is 11.8 Å². The quantitative estimate of drug-likeness (QED) is 0.174. The van der Waals surface area contributed by atoms with Crippen molar-refractivity contribution in [1.29, 1.82) is 0 Å². The van der Waals surface area contributed by atoms with Gasteiger partial charge < -0.3 is 10.6 Å². The van der Waals surface area contributed by atoms with E-state index in [1.165, 1.54) is 6.08 Å². The van der Waals surface area contributed by atoms with Crippen LogP contribution in [0.4, 0.5) is 5.69 Å². The molecule has 0 fully saturated rings. The molecular formula is C32H24Cl2N2O3. The first kappa shape index (κ1) is 27.6. The third-order valence-electron chi connectivity index (χ3n) is 5.82. The zero-order valence-corrected chi connectivity index (χ0v) is 22.5. The van der Waals surface area contributed by atoms with Crippen molar-refractivity contribution < 1.29 is 14.4 Å². The topological polar surface area (TPSA) is 75.3 Å². The second-order valence-corrected chi connectivity index (χ2v) is 9.47. The number of aryl methyl sites for hydroxylation is 1. The van der Waals surface area contributed by atoms with Gasteiger partial charge in [0.15, 0.2) is 5.78 Å². The molecule has 0 aliphatic heterocycles. The molecule has 2 amide bonds. The lowest BCUT2D eigenvalue weighted by Gasteiger charge is -2.12. The maximum absolute atomic E-state index is 13.2. The molecule has 0 saturated heterocycles. The van der Waals surface area contributed by atoms with Gasteiger partial charge in [0.2, 0.25) is 0 Å². The number of ketones is 1. The Morgan fingerprint density at radius 3 is 2.13 bits per heavy atom. The average Bonchev–Trinajstić information content (AvgIpc) is 2.94. The first-order valence-electron chi connectivity index (χ1n) is 12.0. The van der Waals surface area contributed by atoms with Gasteiger partial charge >= 0.3 is 0 Å². The van der Waals surface area contributed by atoms with Gasteiger partial charge in [-0.2, -0.15) is 0 Å². The highest BCUT2D eigenvalue weighted by Gasteiger charge is 2.16. The van der Waals surface area contributed by atoms with Crippen molar-refractivity contribution in [3.8, 4) is 0 Å². The molecule has 0 aromatic heterocycles. The van der Waals surface area contributed by atoms with Crippen LogP contribution in [-0.4, -0.2) is 17.6 Å². The van der Waals surface area contributed by atoms with E-state index in [2.05, 4.69) is 10.6 Å². The number of hydrogen-bond acceptors (Lipinski definition) is 3. The van der Waals surface area contributed by atoms with Crippen LogP contribution in [0.25, 0.3) is 12.2 Å². The molecule has 4 aromatic carbocycles. The molecule has 0 aliphatic carbocycles. The van der Waals surface area contributed by atoms with Crippen LogP contribution >= 0.6 is 23.2 Å². The molecule has 0 bridgehead atoms. The van der Waals surface area contributed by atoms with Gasteiger partial charge in [-0.25, -0.2) is 0 Å². The van der Waals surface area contributed by atoms with Gasteiger partial charge in [-0.1, -0.05) is 71.7 Å². The maximum Gasteiger partial charge on any atom is 0.272 e. The number of anilines is 1. The van der Waals surface area contributed by atoms with Crippen molar-refractivity contribution in [2.45, 2.75) is 6.92 Å². The summed E-state index contributed by atoms with van der Waals surface area (Å²) in [6.07, 6.45) is 4.68. The molecule has 5 nitrogen and oxygen atoms in total. The van der Waals surface area contributed by atoms with Crippen LogP contribution in [0.5, 0.6) is 0 Å². The SMILES string of the molecule is Cc1ccccc1/C=C(\NC(=O)c1ccccc1)C(=O)Nc1ccc(C(=O)/C=C/c2ccc(Cl)cc2Cl)cc1. The molecule has 0 unspecified atom stereocenters. The van der Waals surface area contributed by atoms with E-state index < -0.39 is 11.8 Å². The molecule has 0 heterocycles. The van der Waals surface area contributed by atoms with E-state index in [1.54, 1.807) is 78.9 Å². The highest BCUT2D eigenvalue weighted by atomic mass is 35.5. The van der Waals surface area contributed by atoms with Crippen molar-refractivity contribution in [1.82, 2.24) is 5.32 Å². The fourth-order valence-electron chi connectivity index (χ4n) is 3.66. The summed E-state index contributed by atoms with van der Waals surface area (Å²) in [5, 5.41) is 6.48. The molecule has 0 atom stereocenters. The molecular weight excluding hydrogens is 531 g/mol. The van der Waals surface area contributed by atoms with Gasteiger partial charge in [0.05, 0.1) is 0 Å². The maximum atomic E-state index is 13.2. The van der Waals surface area contributed by atoms with Crippen LogP contribution in [-0.2, 0) is 4.79 Å². The van der Waals surface area contributed by atoms with E-state index in [1.807, 2.05) is 37.3 Å². The second kappa shape index (κ2) is 12.9. The minimum absolute atomic E-state index is 0.0843. The van der Waals surface area contributed by atoms with E-state index in [-0.39, 0.29) is 11.5 Å². The van der Waals surface area contributed by atoms with Crippen molar-refractivity contribution in [2.24, 2.45) is 0 Å². The highest BCUT2D eigenvalue weighted by molar-refractivity contribution is 6.35. The monoisotopic (exact) mass is 554 g/mol. The Labute approximate surface area is 236 Å². The van der Waals surface area contributed by atoms with Crippen molar-refractivity contribution in [3.05, 3.63) is 147 Å². The standard InChI is InChI=1S/C32H24Cl2N2O3/c1-21-7-5-6-10-25(21)19-29(36-31(38)24-8-3-2-4-9-24)32(39)35-27-16-12-23(13-17-27)30(37)18-14-22-11-15-26(33)20-28(22)34/h2-20H,1H3,(H,35,39)(H,36,38)/b18-14+,29-19-. The zero-order valence-electron chi connectivity index (χ0n) is 21.0. The van der Waals surface area contributed by atoms with Crippen LogP contribution in [0.2, 0.25) is 10.0 Å². The largest absolute Gasteiger partial charge is 0.321 e. The second-order valence-electron chi connectivity index (χ2n) is 8.63. The van der Waals surface area contributed by atoms with Crippen LogP contribution in [0.15, 0.2) is 109 Å². The van der Waals surface area contributed by atoms with Gasteiger partial charge in [-0.15, -0.1) is 0 Å². The molecule has 4 aromatic rings. The van der Waals surface area contributed by atoms with Gasteiger partial charge in [-0.05, 0) is 90.4 Å². The summed E-state index contributed by atoms with van der Waals surface area (Å²) in [5.41, 5.74) is 3.83. The first-order valence-corrected chi connectivity index (χ1v) is 12.8. The van der Waals surface area contributed by atoms with E-state index in [4.69, 9.17) is 23.2 Å². The van der Waals surface area contributed by atoms with E-state index in [9.17, 15) is 14.4 Å². The van der Waals surface area contributed by atoms with Crippen LogP contribution < -0.4 is 10.6 Å². The number of amides is 2. The predicted octanol–water partition coefficient (Wildman–Crippen LogP) is 7.61. The van der Waals surface area contributed by atoms with Gasteiger partial charge in [-0.3, -0.25) is 14.4 Å². The Hall–Kier alpha value is -4.45. The summed E-state index contributed by atoms with van der Waals surface area (Å²) in [4.78, 5) is 38.7. The van der Waals surface area contributed by atoms with Crippen molar-refractivity contribution in [3.63, 3.8) is 0 Å². The van der Waals surface area contributed by atoms with Crippen molar-refractivity contribution in [2.75, 3.05) is 5.32 Å². The van der Waals surface area contributed by atoms with Gasteiger partial charge in [0.1, 0.15) is 5.70 Å². The molecule has 0 aliphatic rings. The summed E-state index contributed by atoms with van der Waals surface area (Å²) in [6.45, 7) is 1.92. The summed E-state index contributed by atoms with van der Waals surface area (Å²) >= 11 is 12.1. The lowest BCUT2D eigenvalue weighted by atomic mass is 10.1. The fourth-order valence-corrected chi connectivity index (χ4v) is 4.13. The van der Waals surface area contributed by atoms with Crippen LogP contribution in [0.3, 0.4) is 0 Å². The first-order chi connectivity index (χ1) is 18.8. The van der Waals surface area contributed by atoms with Crippen molar-refractivity contribution >= 4 is 58.6 Å². The number of nitrogens with one attached hydrogen (secondary N) is 2. The summed E-state index contributed by atoms with van der Waals surface area (Å²) < 4.78 is 0. The smallest absolute Gasteiger partial charge is 0.272 e. The third kappa shape index (κ3) is 7.54. The van der Waals surface area contributed by atoms with Crippen LogP contribution in [0.1, 0.15) is 37.4 Å². The number of carbonyl (C=O) groups is 3. The number of carbonyl (C=O) groups excluding carboxylic acids is 3. The minimum atomic E-state index is -0.501. The van der Waals surface area contributed by atoms with E-state index in [0.29, 0.717) is 32.4 Å². The van der Waals surface area contributed by atoms with E-state index >= 15 is 0 Å². The van der Waals surface area contributed by atoms with E-state index in [0.717, 1.165) is 11.1 Å². The average molecular weight is 555 g/mol. The molecule has 39 heavy (non-hydrogen) atoms. The molecule has 0 radical (unpaired) electrons. The number of rotatable bonds is 8. The lowest BCUT2D eigenvalue weighted by Crippen LogP contribution is -2.30. The van der Waals surface area contributed by atoms with Crippen LogP contribution in [0, 0.1) is 6.92 Å². The lowest BCUT2D eigenvalue weighted by molar-refractivity contribution is -0.113. The Morgan fingerprint density at radius 2 is 1.44 bits per heavy atom. The summed E-state index contributed by atoms with van der Waals surface area (Å²) in [5.74, 6) is -1.13. The third-order valence-corrected chi connectivity index (χ3v) is 6.38. The zero-order chi connectivity index (χ0) is 27.8. The normalized spacial score (nSPS) is 11.3. The Kier molecular flexibility index (Phi) is 9.10. The Bertz CT molecular complexity index is 1580. The highest BCUT2D eigenvalue weighted by Crippen LogP contribution is 2.22. The fraction of sp³-hybridized carbons (Fsp3) is 0.0312. The number of halogens is 2. The molecule has 4 rings (SSSR count). The number of hydrogen-bond donors (Lipinski definition) is 2. The summed E-state index contributed by atoms with van der Waals surface area (Å²) in [7, 11) is 0. The predicted molar refractivity (Wildman–Crippen MR) is 158 cm³/mol. The minimum Gasteiger partial charge on any atom is -0.321 e. The Morgan fingerprint density at radius 1 is 0.744 bits per heavy atom. The molecule has 7 heteroatoms. The number of benzene rings is 4. The number of allylic oxidation sites excluding steroid dienone is 1. The molecule has 2 N–H and O–H groups in total. The molecule has 0 spiro atoms. The van der Waals surface area contributed by atoms with Gasteiger partial charge in [0, 0.05) is 26.9 Å². The molecule has 194 valence electrons. The Balaban J connectivity index is 1.50. The summed E-state index contributed by atoms with van der Waals surface area (Å²) in [6, 6.07) is 27.7.